The number of halogens is 1. The standard InChI is InChI=1S/C10H14FNOS/c1-13-6-9(12)7-14-10-4-2-3-8(11)5-10/h2-5,9H,6-7,12H2,1H3. The second kappa shape index (κ2) is 6.01. The van der Waals surface area contributed by atoms with Crippen LogP contribution in [0.3, 0.4) is 0 Å². The van der Waals surface area contributed by atoms with Gasteiger partial charge in [-0.3, -0.25) is 0 Å². The first-order valence-electron chi connectivity index (χ1n) is 4.35. The van der Waals surface area contributed by atoms with Crippen LogP contribution in [-0.4, -0.2) is 25.5 Å². The Bertz CT molecular complexity index is 283. The quantitative estimate of drug-likeness (QED) is 0.762. The summed E-state index contributed by atoms with van der Waals surface area (Å²) in [6, 6.07) is 6.49. The van der Waals surface area contributed by atoms with Gasteiger partial charge in [-0.05, 0) is 18.2 Å². The van der Waals surface area contributed by atoms with Crippen molar-refractivity contribution in [2.75, 3.05) is 19.5 Å². The molecule has 1 rings (SSSR count). The molecule has 2 nitrogen and oxygen atoms in total. The van der Waals surface area contributed by atoms with E-state index in [4.69, 9.17) is 10.5 Å². The van der Waals surface area contributed by atoms with Crippen LogP contribution < -0.4 is 5.73 Å². The summed E-state index contributed by atoms with van der Waals surface area (Å²) in [5.74, 6) is 0.521. The molecule has 0 aromatic heterocycles. The molecule has 14 heavy (non-hydrogen) atoms. The summed E-state index contributed by atoms with van der Waals surface area (Å²) < 4.78 is 17.7. The first kappa shape index (κ1) is 11.5. The van der Waals surface area contributed by atoms with Gasteiger partial charge in [-0.15, -0.1) is 11.8 Å². The average Bonchev–Trinajstić information content (AvgIpc) is 2.15. The van der Waals surface area contributed by atoms with Crippen molar-refractivity contribution in [3.63, 3.8) is 0 Å². The Kier molecular flexibility index (Phi) is 4.93. The van der Waals surface area contributed by atoms with Crippen LogP contribution in [0.5, 0.6) is 0 Å². The summed E-state index contributed by atoms with van der Waals surface area (Å²) in [5.41, 5.74) is 5.73. The number of thioether (sulfide) groups is 1. The van der Waals surface area contributed by atoms with Crippen LogP contribution in [0.25, 0.3) is 0 Å². The molecule has 2 N–H and O–H groups in total. The highest BCUT2D eigenvalue weighted by Gasteiger charge is 2.03. The van der Waals surface area contributed by atoms with E-state index in [-0.39, 0.29) is 11.9 Å². The lowest BCUT2D eigenvalue weighted by Crippen LogP contribution is -2.28. The largest absolute Gasteiger partial charge is 0.383 e. The Morgan fingerprint density at radius 3 is 3.00 bits per heavy atom. The van der Waals surface area contributed by atoms with Gasteiger partial charge in [-0.25, -0.2) is 4.39 Å². The molecular weight excluding hydrogens is 201 g/mol. The van der Waals surface area contributed by atoms with E-state index < -0.39 is 0 Å². The van der Waals surface area contributed by atoms with Crippen molar-refractivity contribution in [1.82, 2.24) is 0 Å². The molecule has 0 bridgehead atoms. The average molecular weight is 215 g/mol. The second-order valence-corrected chi connectivity index (χ2v) is 4.08. The van der Waals surface area contributed by atoms with Crippen LogP contribution in [0.2, 0.25) is 0 Å². The molecule has 0 aliphatic carbocycles. The lowest BCUT2D eigenvalue weighted by atomic mass is 10.3. The van der Waals surface area contributed by atoms with Gasteiger partial charge in [0.2, 0.25) is 0 Å². The molecule has 0 amide bonds. The maximum Gasteiger partial charge on any atom is 0.124 e. The van der Waals surface area contributed by atoms with E-state index in [0.29, 0.717) is 6.61 Å². The van der Waals surface area contributed by atoms with Crippen molar-refractivity contribution >= 4 is 11.8 Å². The van der Waals surface area contributed by atoms with Gasteiger partial charge in [0.1, 0.15) is 5.82 Å². The van der Waals surface area contributed by atoms with Gasteiger partial charge in [0.05, 0.1) is 6.61 Å². The van der Waals surface area contributed by atoms with Crippen molar-refractivity contribution in [2.24, 2.45) is 5.73 Å². The molecule has 0 saturated heterocycles. The number of methoxy groups -OCH3 is 1. The molecule has 0 radical (unpaired) electrons. The number of rotatable bonds is 5. The van der Waals surface area contributed by atoms with Crippen molar-refractivity contribution in [3.05, 3.63) is 30.1 Å². The smallest absolute Gasteiger partial charge is 0.124 e. The third-order valence-corrected chi connectivity index (χ3v) is 2.82. The highest BCUT2D eigenvalue weighted by molar-refractivity contribution is 7.99. The van der Waals surface area contributed by atoms with Crippen molar-refractivity contribution in [2.45, 2.75) is 10.9 Å². The van der Waals surface area contributed by atoms with Gasteiger partial charge in [0.25, 0.3) is 0 Å². The van der Waals surface area contributed by atoms with Crippen LogP contribution in [0.15, 0.2) is 29.2 Å². The summed E-state index contributed by atoms with van der Waals surface area (Å²) >= 11 is 1.54. The molecule has 0 aliphatic rings. The predicted octanol–water partition coefficient (Wildman–Crippen LogP) is 1.89. The first-order valence-corrected chi connectivity index (χ1v) is 5.34. The van der Waals surface area contributed by atoms with Gasteiger partial charge >= 0.3 is 0 Å². The monoisotopic (exact) mass is 215 g/mol. The van der Waals surface area contributed by atoms with Gasteiger partial charge in [0, 0.05) is 23.8 Å². The number of ether oxygens (including phenoxy) is 1. The summed E-state index contributed by atoms with van der Waals surface area (Å²) in [6.45, 7) is 0.530. The highest BCUT2D eigenvalue weighted by Crippen LogP contribution is 2.18. The minimum absolute atomic E-state index is 0.00623. The Morgan fingerprint density at radius 2 is 2.36 bits per heavy atom. The van der Waals surface area contributed by atoms with E-state index in [9.17, 15) is 4.39 Å². The molecule has 4 heteroatoms. The van der Waals surface area contributed by atoms with E-state index in [0.717, 1.165) is 10.6 Å². The van der Waals surface area contributed by atoms with E-state index in [1.807, 2.05) is 6.07 Å². The maximum atomic E-state index is 12.8. The van der Waals surface area contributed by atoms with Crippen molar-refractivity contribution < 1.29 is 9.13 Å². The van der Waals surface area contributed by atoms with E-state index in [2.05, 4.69) is 0 Å². The third kappa shape index (κ3) is 4.09. The second-order valence-electron chi connectivity index (χ2n) is 2.98. The fourth-order valence-corrected chi connectivity index (χ4v) is 1.90. The molecule has 1 atom stereocenters. The van der Waals surface area contributed by atoms with Gasteiger partial charge in [-0.2, -0.15) is 0 Å². The molecule has 0 spiro atoms. The fourth-order valence-electron chi connectivity index (χ4n) is 1.02. The zero-order valence-electron chi connectivity index (χ0n) is 8.07. The fraction of sp³-hybridized carbons (Fsp3) is 0.400. The zero-order chi connectivity index (χ0) is 10.4. The van der Waals surface area contributed by atoms with Crippen LogP contribution in [-0.2, 0) is 4.74 Å². The third-order valence-electron chi connectivity index (χ3n) is 1.64. The Hall–Kier alpha value is -0.580. The number of hydrogen-bond donors (Lipinski definition) is 1. The summed E-state index contributed by atoms with van der Waals surface area (Å²) in [5, 5.41) is 0. The Balaban J connectivity index is 2.37. The van der Waals surface area contributed by atoms with Gasteiger partial charge in [0.15, 0.2) is 0 Å². The molecular formula is C10H14FNOS. The normalized spacial score (nSPS) is 12.8. The van der Waals surface area contributed by atoms with E-state index in [1.54, 1.807) is 13.2 Å². The number of benzene rings is 1. The number of hydrogen-bond acceptors (Lipinski definition) is 3. The highest BCUT2D eigenvalue weighted by atomic mass is 32.2. The number of nitrogens with two attached hydrogens (primary N) is 1. The zero-order valence-corrected chi connectivity index (χ0v) is 8.89. The van der Waals surface area contributed by atoms with Crippen molar-refractivity contribution in [1.29, 1.82) is 0 Å². The Morgan fingerprint density at radius 1 is 1.57 bits per heavy atom. The van der Waals surface area contributed by atoms with Crippen LogP contribution in [0, 0.1) is 5.82 Å². The molecule has 0 aliphatic heterocycles. The molecule has 0 fully saturated rings. The molecule has 1 unspecified atom stereocenters. The summed E-state index contributed by atoms with van der Waals surface area (Å²) in [4.78, 5) is 0.900. The molecule has 0 saturated carbocycles. The minimum atomic E-state index is -0.213. The minimum Gasteiger partial charge on any atom is -0.383 e. The molecule has 0 heterocycles. The topological polar surface area (TPSA) is 35.2 Å². The SMILES string of the molecule is COCC(N)CSc1cccc(F)c1. The molecule has 78 valence electrons. The lowest BCUT2D eigenvalue weighted by Gasteiger charge is -2.09. The summed E-state index contributed by atoms with van der Waals surface area (Å²) in [7, 11) is 1.62. The Labute approximate surface area is 87.6 Å². The van der Waals surface area contributed by atoms with Crippen LogP contribution in [0.1, 0.15) is 0 Å². The van der Waals surface area contributed by atoms with Gasteiger partial charge in [-0.1, -0.05) is 6.07 Å². The van der Waals surface area contributed by atoms with Gasteiger partial charge < -0.3 is 10.5 Å². The summed E-state index contributed by atoms with van der Waals surface area (Å²) in [6.07, 6.45) is 0. The van der Waals surface area contributed by atoms with Crippen LogP contribution >= 0.6 is 11.8 Å². The van der Waals surface area contributed by atoms with E-state index >= 15 is 0 Å². The first-order chi connectivity index (χ1) is 6.72. The predicted molar refractivity (Wildman–Crippen MR) is 57.0 cm³/mol. The molecule has 1 aromatic rings. The lowest BCUT2D eigenvalue weighted by molar-refractivity contribution is 0.186. The van der Waals surface area contributed by atoms with E-state index in [1.165, 1.54) is 23.9 Å². The maximum absolute atomic E-state index is 12.8. The van der Waals surface area contributed by atoms with Crippen LogP contribution in [0.4, 0.5) is 4.39 Å². The molecule has 1 aromatic carbocycles. The van der Waals surface area contributed by atoms with Crippen molar-refractivity contribution in [3.8, 4) is 0 Å².